The molecule has 0 spiro atoms. The zero-order valence-corrected chi connectivity index (χ0v) is 18.8. The number of ether oxygens (including phenoxy) is 2. The summed E-state index contributed by atoms with van der Waals surface area (Å²) in [4.78, 5) is 26.1. The molecule has 154 valence electrons. The molecule has 0 unspecified atom stereocenters. The van der Waals surface area contributed by atoms with Gasteiger partial charge < -0.3 is 9.47 Å². The average molecular weight is 427 g/mol. The summed E-state index contributed by atoms with van der Waals surface area (Å²) in [5.41, 5.74) is 6.61. The number of carbonyl (C=O) groups excluding carboxylic acids is 2. The highest BCUT2D eigenvalue weighted by atomic mass is 32.1. The van der Waals surface area contributed by atoms with E-state index < -0.39 is 0 Å². The normalized spacial score (nSPS) is 10.9. The molecular formula is C20H30N2O4S2+2. The third kappa shape index (κ3) is 6.38. The van der Waals surface area contributed by atoms with Gasteiger partial charge in [-0.15, -0.1) is 0 Å². The first-order valence-corrected chi connectivity index (χ1v) is 11.5. The molecule has 2 aromatic heterocycles. The Bertz CT molecular complexity index is 732. The number of esters is 2. The molecule has 0 atom stereocenters. The van der Waals surface area contributed by atoms with Crippen molar-refractivity contribution in [1.82, 2.24) is 0 Å². The Labute approximate surface area is 174 Å². The van der Waals surface area contributed by atoms with Crippen LogP contribution in [0.1, 0.15) is 47.8 Å². The van der Waals surface area contributed by atoms with E-state index in [0.29, 0.717) is 26.1 Å². The van der Waals surface area contributed by atoms with Crippen molar-refractivity contribution in [2.24, 2.45) is 0 Å². The third-order valence-electron chi connectivity index (χ3n) is 4.71. The predicted octanol–water partition coefficient (Wildman–Crippen LogP) is 2.69. The molecule has 0 bridgehead atoms. The van der Waals surface area contributed by atoms with E-state index in [9.17, 15) is 9.59 Å². The van der Waals surface area contributed by atoms with E-state index in [1.165, 1.54) is 21.1 Å². The maximum Gasteiger partial charge on any atom is 0.306 e. The molecule has 0 saturated carbocycles. The summed E-state index contributed by atoms with van der Waals surface area (Å²) in [6, 6.07) is 0. The SMILES string of the molecule is CC[n+]1csc(CCOC(=O)CCC(=O)OCCc2sc[n+](CC)c2C)c1C. The van der Waals surface area contributed by atoms with Crippen LogP contribution >= 0.6 is 22.7 Å². The zero-order valence-electron chi connectivity index (χ0n) is 17.2. The van der Waals surface area contributed by atoms with Gasteiger partial charge in [0.1, 0.15) is 13.1 Å². The van der Waals surface area contributed by atoms with Gasteiger partial charge in [0.2, 0.25) is 11.0 Å². The summed E-state index contributed by atoms with van der Waals surface area (Å²) in [6.07, 6.45) is 1.53. The predicted molar refractivity (Wildman–Crippen MR) is 108 cm³/mol. The fraction of sp³-hybridized carbons (Fsp3) is 0.600. The summed E-state index contributed by atoms with van der Waals surface area (Å²) in [5, 5.41) is 0. The van der Waals surface area contributed by atoms with Crippen molar-refractivity contribution in [3.05, 3.63) is 32.2 Å². The van der Waals surface area contributed by atoms with Gasteiger partial charge in [-0.3, -0.25) is 9.59 Å². The molecule has 28 heavy (non-hydrogen) atoms. The number of aryl methyl sites for hydroxylation is 2. The fourth-order valence-corrected chi connectivity index (χ4v) is 4.97. The number of carbonyl (C=O) groups is 2. The van der Waals surface area contributed by atoms with Gasteiger partial charge in [0, 0.05) is 26.7 Å². The van der Waals surface area contributed by atoms with Gasteiger partial charge in [-0.1, -0.05) is 22.7 Å². The molecule has 0 aliphatic carbocycles. The van der Waals surface area contributed by atoms with Crippen LogP contribution in [-0.2, 0) is 45.0 Å². The Morgan fingerprint density at radius 3 is 1.54 bits per heavy atom. The van der Waals surface area contributed by atoms with Gasteiger partial charge in [0.05, 0.1) is 35.8 Å². The highest BCUT2D eigenvalue weighted by Gasteiger charge is 2.16. The largest absolute Gasteiger partial charge is 0.465 e. The maximum absolute atomic E-state index is 11.8. The summed E-state index contributed by atoms with van der Waals surface area (Å²) >= 11 is 3.36. The van der Waals surface area contributed by atoms with E-state index in [-0.39, 0.29) is 24.8 Å². The second kappa shape index (κ2) is 11.3. The Kier molecular flexibility index (Phi) is 9.05. The maximum atomic E-state index is 11.8. The lowest BCUT2D eigenvalue weighted by Crippen LogP contribution is -2.32. The topological polar surface area (TPSA) is 60.4 Å². The smallest absolute Gasteiger partial charge is 0.306 e. The van der Waals surface area contributed by atoms with E-state index in [0.717, 1.165) is 13.1 Å². The van der Waals surface area contributed by atoms with Crippen molar-refractivity contribution < 1.29 is 28.2 Å². The van der Waals surface area contributed by atoms with E-state index in [2.05, 4.69) is 47.9 Å². The van der Waals surface area contributed by atoms with Gasteiger partial charge in [0.15, 0.2) is 11.4 Å². The third-order valence-corrected chi connectivity index (χ3v) is 7.00. The van der Waals surface area contributed by atoms with Crippen molar-refractivity contribution in [2.75, 3.05) is 13.2 Å². The minimum atomic E-state index is -0.354. The monoisotopic (exact) mass is 426 g/mol. The van der Waals surface area contributed by atoms with Crippen LogP contribution in [0, 0.1) is 13.8 Å². The van der Waals surface area contributed by atoms with E-state index >= 15 is 0 Å². The molecular weight excluding hydrogens is 396 g/mol. The summed E-state index contributed by atoms with van der Waals surface area (Å²) < 4.78 is 14.9. The second-order valence-electron chi connectivity index (χ2n) is 6.48. The Hall–Kier alpha value is -1.80. The zero-order chi connectivity index (χ0) is 20.5. The molecule has 0 saturated heterocycles. The first-order valence-electron chi connectivity index (χ1n) is 9.70. The van der Waals surface area contributed by atoms with E-state index in [4.69, 9.17) is 9.47 Å². The van der Waals surface area contributed by atoms with E-state index in [1.807, 2.05) is 0 Å². The molecule has 0 fully saturated rings. The highest BCUT2D eigenvalue weighted by molar-refractivity contribution is 7.09. The minimum absolute atomic E-state index is 0.0606. The molecule has 2 heterocycles. The Morgan fingerprint density at radius 2 is 1.21 bits per heavy atom. The van der Waals surface area contributed by atoms with Crippen LogP contribution in [0.2, 0.25) is 0 Å². The number of thiazole rings is 2. The Balaban J connectivity index is 1.60. The number of rotatable bonds is 11. The van der Waals surface area contributed by atoms with Crippen LogP contribution in [0.25, 0.3) is 0 Å². The van der Waals surface area contributed by atoms with Gasteiger partial charge >= 0.3 is 11.9 Å². The number of hydrogen-bond donors (Lipinski definition) is 0. The lowest BCUT2D eigenvalue weighted by molar-refractivity contribution is -0.695. The molecule has 0 aromatic carbocycles. The van der Waals surface area contributed by atoms with Crippen molar-refractivity contribution in [3.8, 4) is 0 Å². The van der Waals surface area contributed by atoms with Crippen molar-refractivity contribution in [2.45, 2.75) is 66.5 Å². The van der Waals surface area contributed by atoms with Crippen molar-refractivity contribution >= 4 is 34.6 Å². The average Bonchev–Trinajstić information content (AvgIpc) is 3.22. The van der Waals surface area contributed by atoms with Crippen LogP contribution in [-0.4, -0.2) is 25.2 Å². The summed E-state index contributed by atoms with van der Waals surface area (Å²) in [6.45, 7) is 10.9. The quantitative estimate of drug-likeness (QED) is 0.409. The van der Waals surface area contributed by atoms with Crippen LogP contribution < -0.4 is 9.13 Å². The van der Waals surface area contributed by atoms with E-state index in [1.54, 1.807) is 22.7 Å². The summed E-state index contributed by atoms with van der Waals surface area (Å²) in [5.74, 6) is -0.708. The fourth-order valence-electron chi connectivity index (χ4n) is 2.87. The first-order chi connectivity index (χ1) is 13.5. The summed E-state index contributed by atoms with van der Waals surface area (Å²) in [7, 11) is 0. The molecule has 0 radical (unpaired) electrons. The van der Waals surface area contributed by atoms with Gasteiger partial charge in [-0.2, -0.15) is 9.13 Å². The van der Waals surface area contributed by atoms with Crippen molar-refractivity contribution in [1.29, 1.82) is 0 Å². The second-order valence-corrected chi connectivity index (χ2v) is 8.36. The molecule has 0 aliphatic rings. The molecule has 0 N–H and O–H groups in total. The molecule has 2 rings (SSSR count). The van der Waals surface area contributed by atoms with Gasteiger partial charge in [-0.25, -0.2) is 0 Å². The lowest BCUT2D eigenvalue weighted by atomic mass is 10.3. The van der Waals surface area contributed by atoms with Gasteiger partial charge in [-0.05, 0) is 13.8 Å². The first kappa shape index (κ1) is 22.5. The molecule has 0 aliphatic heterocycles. The van der Waals surface area contributed by atoms with Crippen LogP contribution in [0.5, 0.6) is 0 Å². The molecule has 2 aromatic rings. The van der Waals surface area contributed by atoms with Crippen LogP contribution in [0.4, 0.5) is 0 Å². The standard InChI is InChI=1S/C20H30N2O4S2/c1-5-21-13-27-17(15(21)3)9-11-25-19(23)7-8-20(24)26-12-10-18-16(4)22(6-2)14-28-18/h13-14H,5-12H2,1-4H3/q+2. The van der Waals surface area contributed by atoms with Crippen LogP contribution in [0.3, 0.4) is 0 Å². The Morgan fingerprint density at radius 1 is 0.821 bits per heavy atom. The number of hydrogen-bond acceptors (Lipinski definition) is 6. The van der Waals surface area contributed by atoms with Gasteiger partial charge in [0.25, 0.3) is 0 Å². The molecule has 0 amide bonds. The number of nitrogens with zero attached hydrogens (tertiary/aromatic N) is 2. The number of aromatic nitrogens is 2. The van der Waals surface area contributed by atoms with Crippen LogP contribution in [0.15, 0.2) is 11.0 Å². The minimum Gasteiger partial charge on any atom is -0.465 e. The lowest BCUT2D eigenvalue weighted by Gasteiger charge is -2.05. The van der Waals surface area contributed by atoms with Crippen molar-refractivity contribution in [3.63, 3.8) is 0 Å². The molecule has 6 nitrogen and oxygen atoms in total. The molecule has 8 heteroatoms. The highest BCUT2D eigenvalue weighted by Crippen LogP contribution is 2.13.